The zero-order chi connectivity index (χ0) is 13.7. The average Bonchev–Trinajstić information content (AvgIpc) is 2.29. The molecular weight excluding hydrogens is 232 g/mol. The van der Waals surface area contributed by atoms with Crippen molar-refractivity contribution < 1.29 is 9.59 Å². The molecule has 2 amide bonds. The molecule has 0 bridgehead atoms. The number of primary amides is 1. The average molecular weight is 250 g/mol. The summed E-state index contributed by atoms with van der Waals surface area (Å²) in [4.78, 5) is 23.8. The number of nitrogens with one attached hydrogen (secondary N) is 1. The molecule has 0 aliphatic heterocycles. The Morgan fingerprint density at radius 2 is 2.00 bits per heavy atom. The van der Waals surface area contributed by atoms with Crippen LogP contribution in [-0.2, 0) is 4.79 Å². The highest BCUT2D eigenvalue weighted by molar-refractivity contribution is 5.95. The van der Waals surface area contributed by atoms with Crippen molar-refractivity contribution >= 4 is 23.2 Å². The van der Waals surface area contributed by atoms with Crippen LogP contribution >= 0.6 is 0 Å². The van der Waals surface area contributed by atoms with E-state index in [9.17, 15) is 9.59 Å². The summed E-state index contributed by atoms with van der Waals surface area (Å²) >= 11 is 0. The van der Waals surface area contributed by atoms with Crippen LogP contribution in [0, 0.1) is 0 Å². The van der Waals surface area contributed by atoms with E-state index in [0.717, 1.165) is 0 Å². The Balaban J connectivity index is 2.74. The van der Waals surface area contributed by atoms with E-state index in [4.69, 9.17) is 11.5 Å². The van der Waals surface area contributed by atoms with E-state index in [1.807, 2.05) is 0 Å². The van der Waals surface area contributed by atoms with Gasteiger partial charge in [-0.3, -0.25) is 9.59 Å². The van der Waals surface area contributed by atoms with Gasteiger partial charge < -0.3 is 21.7 Å². The van der Waals surface area contributed by atoms with Gasteiger partial charge in [0, 0.05) is 32.6 Å². The van der Waals surface area contributed by atoms with Crippen molar-refractivity contribution in [2.45, 2.75) is 6.42 Å². The van der Waals surface area contributed by atoms with Gasteiger partial charge in [-0.15, -0.1) is 0 Å². The van der Waals surface area contributed by atoms with Gasteiger partial charge in [0.05, 0.1) is 11.4 Å². The van der Waals surface area contributed by atoms with Crippen molar-refractivity contribution in [2.75, 3.05) is 31.7 Å². The van der Waals surface area contributed by atoms with E-state index in [-0.39, 0.29) is 18.2 Å². The first-order valence-electron chi connectivity index (χ1n) is 5.55. The molecule has 1 aromatic rings. The van der Waals surface area contributed by atoms with Gasteiger partial charge in [0.25, 0.3) is 5.91 Å². The number of carbonyl (C=O) groups is 2. The summed E-state index contributed by atoms with van der Waals surface area (Å²) in [7, 11) is 3.36. The summed E-state index contributed by atoms with van der Waals surface area (Å²) in [5.41, 5.74) is 12.5. The van der Waals surface area contributed by atoms with Gasteiger partial charge in [0.15, 0.2) is 0 Å². The van der Waals surface area contributed by atoms with Crippen LogP contribution in [0.25, 0.3) is 0 Å². The van der Waals surface area contributed by atoms with Gasteiger partial charge >= 0.3 is 0 Å². The Labute approximate surface area is 106 Å². The Morgan fingerprint density at radius 3 is 2.50 bits per heavy atom. The lowest BCUT2D eigenvalue weighted by atomic mass is 10.1. The molecule has 98 valence electrons. The summed E-state index contributed by atoms with van der Waals surface area (Å²) < 4.78 is 0. The Kier molecular flexibility index (Phi) is 4.53. The number of hydrogen-bond donors (Lipinski definition) is 3. The van der Waals surface area contributed by atoms with Crippen LogP contribution in [0.5, 0.6) is 0 Å². The second-order valence-electron chi connectivity index (χ2n) is 4.14. The smallest absolute Gasteiger partial charge is 0.253 e. The summed E-state index contributed by atoms with van der Waals surface area (Å²) in [5.74, 6) is -0.481. The lowest BCUT2D eigenvalue weighted by Crippen LogP contribution is -2.22. The highest BCUT2D eigenvalue weighted by Crippen LogP contribution is 2.20. The first-order chi connectivity index (χ1) is 8.41. The third-order valence-corrected chi connectivity index (χ3v) is 2.39. The maximum Gasteiger partial charge on any atom is 0.253 e. The van der Waals surface area contributed by atoms with Crippen LogP contribution in [0.3, 0.4) is 0 Å². The van der Waals surface area contributed by atoms with Crippen LogP contribution in [0.4, 0.5) is 11.4 Å². The molecule has 0 fully saturated rings. The zero-order valence-corrected chi connectivity index (χ0v) is 10.6. The SMILES string of the molecule is CN(C)C(=O)c1ccc(NCCC(N)=O)c(N)c1. The zero-order valence-electron chi connectivity index (χ0n) is 10.6. The van der Waals surface area contributed by atoms with Gasteiger partial charge in [0.1, 0.15) is 0 Å². The van der Waals surface area contributed by atoms with Gasteiger partial charge in [0.2, 0.25) is 5.91 Å². The van der Waals surface area contributed by atoms with E-state index in [1.165, 1.54) is 4.90 Å². The maximum absolute atomic E-state index is 11.7. The van der Waals surface area contributed by atoms with E-state index >= 15 is 0 Å². The van der Waals surface area contributed by atoms with E-state index < -0.39 is 0 Å². The number of nitrogen functional groups attached to an aromatic ring is 1. The fraction of sp³-hybridized carbons (Fsp3) is 0.333. The number of nitrogens with zero attached hydrogens (tertiary/aromatic N) is 1. The molecule has 18 heavy (non-hydrogen) atoms. The summed E-state index contributed by atoms with van der Waals surface area (Å²) in [6.45, 7) is 0.417. The molecule has 1 rings (SSSR count). The van der Waals surface area contributed by atoms with Crippen molar-refractivity contribution in [1.29, 1.82) is 0 Å². The number of anilines is 2. The molecule has 0 radical (unpaired) electrons. The molecular formula is C12H18N4O2. The van der Waals surface area contributed by atoms with Crippen molar-refractivity contribution in [3.05, 3.63) is 23.8 Å². The third-order valence-electron chi connectivity index (χ3n) is 2.39. The maximum atomic E-state index is 11.7. The summed E-state index contributed by atoms with van der Waals surface area (Å²) in [6.07, 6.45) is 0.234. The molecule has 0 heterocycles. The van der Waals surface area contributed by atoms with Crippen LogP contribution in [0.2, 0.25) is 0 Å². The molecule has 0 unspecified atom stereocenters. The minimum absolute atomic E-state index is 0.106. The van der Waals surface area contributed by atoms with Crippen molar-refractivity contribution in [3.8, 4) is 0 Å². The van der Waals surface area contributed by atoms with Crippen molar-refractivity contribution in [3.63, 3.8) is 0 Å². The molecule has 0 aliphatic carbocycles. The molecule has 1 aromatic carbocycles. The second-order valence-corrected chi connectivity index (χ2v) is 4.14. The fourth-order valence-corrected chi connectivity index (χ4v) is 1.44. The van der Waals surface area contributed by atoms with Gasteiger partial charge in [-0.05, 0) is 18.2 Å². The van der Waals surface area contributed by atoms with Crippen LogP contribution in [0.1, 0.15) is 16.8 Å². The van der Waals surface area contributed by atoms with Crippen LogP contribution in [-0.4, -0.2) is 37.4 Å². The summed E-state index contributed by atoms with van der Waals surface area (Å²) in [5, 5.41) is 2.99. The Bertz CT molecular complexity index is 457. The first-order valence-corrected chi connectivity index (χ1v) is 5.55. The number of hydrogen-bond acceptors (Lipinski definition) is 4. The van der Waals surface area contributed by atoms with E-state index in [0.29, 0.717) is 23.5 Å². The third kappa shape index (κ3) is 3.65. The summed E-state index contributed by atoms with van der Waals surface area (Å²) in [6, 6.07) is 5.01. The van der Waals surface area contributed by atoms with Gasteiger partial charge in [-0.1, -0.05) is 0 Å². The number of amides is 2. The molecule has 5 N–H and O–H groups in total. The van der Waals surface area contributed by atoms with Gasteiger partial charge in [-0.25, -0.2) is 0 Å². The molecule has 0 spiro atoms. The molecule has 0 aromatic heterocycles. The predicted molar refractivity (Wildman–Crippen MR) is 71.2 cm³/mol. The highest BCUT2D eigenvalue weighted by Gasteiger charge is 2.09. The van der Waals surface area contributed by atoms with Crippen LogP contribution < -0.4 is 16.8 Å². The minimum Gasteiger partial charge on any atom is -0.397 e. The number of rotatable bonds is 5. The normalized spacial score (nSPS) is 9.89. The topological polar surface area (TPSA) is 101 Å². The Hall–Kier alpha value is -2.24. The highest BCUT2D eigenvalue weighted by atomic mass is 16.2. The van der Waals surface area contributed by atoms with Crippen LogP contribution in [0.15, 0.2) is 18.2 Å². The first kappa shape index (κ1) is 13.8. The predicted octanol–water partition coefficient (Wildman–Crippen LogP) is 0.258. The molecule has 0 aliphatic rings. The largest absolute Gasteiger partial charge is 0.397 e. The number of benzene rings is 1. The second kappa shape index (κ2) is 5.90. The number of carbonyl (C=O) groups excluding carboxylic acids is 2. The molecule has 0 saturated heterocycles. The van der Waals surface area contributed by atoms with E-state index in [1.54, 1.807) is 32.3 Å². The van der Waals surface area contributed by atoms with Gasteiger partial charge in [-0.2, -0.15) is 0 Å². The molecule has 0 saturated carbocycles. The fourth-order valence-electron chi connectivity index (χ4n) is 1.44. The monoisotopic (exact) mass is 250 g/mol. The van der Waals surface area contributed by atoms with E-state index in [2.05, 4.69) is 5.32 Å². The quantitative estimate of drug-likeness (QED) is 0.652. The molecule has 6 heteroatoms. The molecule has 6 nitrogen and oxygen atoms in total. The standard InChI is InChI=1S/C12H18N4O2/c1-16(2)12(18)8-3-4-10(9(13)7-8)15-6-5-11(14)17/h3-4,7,15H,5-6,13H2,1-2H3,(H2,14,17). The van der Waals surface area contributed by atoms with Crippen molar-refractivity contribution in [1.82, 2.24) is 4.90 Å². The minimum atomic E-state index is -0.375. The number of nitrogens with two attached hydrogens (primary N) is 2. The molecule has 0 atom stereocenters. The Morgan fingerprint density at radius 1 is 1.33 bits per heavy atom. The lowest BCUT2D eigenvalue weighted by Gasteiger charge is -2.13. The lowest BCUT2D eigenvalue weighted by molar-refractivity contribution is -0.117. The van der Waals surface area contributed by atoms with Crippen molar-refractivity contribution in [2.24, 2.45) is 5.73 Å².